The highest BCUT2D eigenvalue weighted by Gasteiger charge is 2.24. The van der Waals surface area contributed by atoms with Crippen LogP contribution in [0.3, 0.4) is 0 Å². The molecule has 1 aromatic heterocycles. The van der Waals surface area contributed by atoms with Gasteiger partial charge in [-0.15, -0.1) is 11.3 Å². The van der Waals surface area contributed by atoms with Gasteiger partial charge in [-0.3, -0.25) is 4.79 Å². The van der Waals surface area contributed by atoms with Crippen molar-refractivity contribution in [1.29, 1.82) is 0 Å². The van der Waals surface area contributed by atoms with E-state index < -0.39 is 0 Å². The van der Waals surface area contributed by atoms with Crippen LogP contribution < -0.4 is 11.1 Å². The van der Waals surface area contributed by atoms with Gasteiger partial charge in [0.1, 0.15) is 0 Å². The first-order chi connectivity index (χ1) is 8.15. The minimum Gasteiger partial charge on any atom is -0.351 e. The van der Waals surface area contributed by atoms with Crippen LogP contribution in [0.25, 0.3) is 0 Å². The summed E-state index contributed by atoms with van der Waals surface area (Å²) in [5.74, 6) is 0.249. The zero-order valence-electron chi connectivity index (χ0n) is 10.1. The normalized spacial score (nSPS) is 24.6. The van der Waals surface area contributed by atoms with Crippen molar-refractivity contribution in [3.8, 4) is 0 Å². The molecule has 2 rings (SSSR count). The summed E-state index contributed by atoms with van der Waals surface area (Å²) in [6, 6.07) is 0.199. The van der Waals surface area contributed by atoms with Crippen molar-refractivity contribution in [2.45, 2.75) is 45.2 Å². The summed E-state index contributed by atoms with van der Waals surface area (Å²) in [6.45, 7) is 2.56. The molecule has 0 aromatic carbocycles. The highest BCUT2D eigenvalue weighted by molar-refractivity contribution is 7.11. The van der Waals surface area contributed by atoms with E-state index in [9.17, 15) is 4.79 Å². The first kappa shape index (κ1) is 12.5. The Morgan fingerprint density at radius 1 is 1.65 bits per heavy atom. The Kier molecular flexibility index (Phi) is 4.12. The second kappa shape index (κ2) is 5.60. The Labute approximate surface area is 106 Å². The standard InChI is InChI=1S/C12H19N3OS/c1-8-14-6-11(17-8)7-15-12(16)9-3-2-4-10(13)5-9/h6,9-10H,2-5,7,13H2,1H3,(H,15,16). The molecule has 5 heteroatoms. The third-order valence-electron chi connectivity index (χ3n) is 3.19. The van der Waals surface area contributed by atoms with Gasteiger partial charge in [0.2, 0.25) is 5.91 Å². The van der Waals surface area contributed by atoms with Gasteiger partial charge in [0.25, 0.3) is 0 Å². The van der Waals surface area contributed by atoms with Crippen molar-refractivity contribution in [2.75, 3.05) is 0 Å². The van der Waals surface area contributed by atoms with Gasteiger partial charge >= 0.3 is 0 Å². The fourth-order valence-electron chi connectivity index (χ4n) is 2.27. The van der Waals surface area contributed by atoms with Gasteiger partial charge in [-0.1, -0.05) is 6.42 Å². The molecule has 17 heavy (non-hydrogen) atoms. The van der Waals surface area contributed by atoms with Gasteiger partial charge in [-0.2, -0.15) is 0 Å². The average Bonchev–Trinajstić information content (AvgIpc) is 2.72. The number of rotatable bonds is 3. The first-order valence-corrected chi connectivity index (χ1v) is 6.91. The van der Waals surface area contributed by atoms with Crippen molar-refractivity contribution in [2.24, 2.45) is 11.7 Å². The molecule has 0 radical (unpaired) electrons. The minimum atomic E-state index is 0.104. The van der Waals surface area contributed by atoms with E-state index in [2.05, 4.69) is 10.3 Å². The van der Waals surface area contributed by atoms with Crippen LogP contribution in [0.2, 0.25) is 0 Å². The van der Waals surface area contributed by atoms with Crippen molar-refractivity contribution in [3.63, 3.8) is 0 Å². The van der Waals surface area contributed by atoms with Gasteiger partial charge < -0.3 is 11.1 Å². The topological polar surface area (TPSA) is 68.0 Å². The first-order valence-electron chi connectivity index (χ1n) is 6.09. The SMILES string of the molecule is Cc1ncc(CNC(=O)C2CCCC(N)C2)s1. The number of hydrogen-bond donors (Lipinski definition) is 2. The van der Waals surface area contributed by atoms with E-state index in [1.807, 2.05) is 13.1 Å². The Balaban J connectivity index is 1.80. The fourth-order valence-corrected chi connectivity index (χ4v) is 3.01. The van der Waals surface area contributed by atoms with Crippen LogP contribution in [0.15, 0.2) is 6.20 Å². The number of nitrogens with zero attached hydrogens (tertiary/aromatic N) is 1. The molecule has 1 heterocycles. The number of thiazole rings is 1. The quantitative estimate of drug-likeness (QED) is 0.859. The minimum absolute atomic E-state index is 0.104. The van der Waals surface area contributed by atoms with Crippen molar-refractivity contribution in [3.05, 3.63) is 16.1 Å². The number of amides is 1. The van der Waals surface area contributed by atoms with Gasteiger partial charge in [0.15, 0.2) is 0 Å². The molecular weight excluding hydrogens is 234 g/mol. The molecule has 1 aliphatic rings. The lowest BCUT2D eigenvalue weighted by Crippen LogP contribution is -2.37. The molecule has 1 saturated carbocycles. The van der Waals surface area contributed by atoms with E-state index in [1.165, 1.54) is 0 Å². The second-order valence-electron chi connectivity index (χ2n) is 4.69. The molecule has 1 aliphatic carbocycles. The van der Waals surface area contributed by atoms with Gasteiger partial charge in [-0.05, 0) is 26.2 Å². The van der Waals surface area contributed by atoms with Crippen LogP contribution in [-0.2, 0) is 11.3 Å². The lowest BCUT2D eigenvalue weighted by molar-refractivity contribution is -0.126. The smallest absolute Gasteiger partial charge is 0.223 e. The Bertz CT molecular complexity index is 391. The van der Waals surface area contributed by atoms with Crippen molar-refractivity contribution < 1.29 is 4.79 Å². The van der Waals surface area contributed by atoms with Crippen LogP contribution in [-0.4, -0.2) is 16.9 Å². The number of aryl methyl sites for hydroxylation is 1. The molecule has 0 aliphatic heterocycles. The second-order valence-corrected chi connectivity index (χ2v) is 6.01. The summed E-state index contributed by atoms with van der Waals surface area (Å²) < 4.78 is 0. The fraction of sp³-hybridized carbons (Fsp3) is 0.667. The molecular formula is C12H19N3OS. The van der Waals surface area contributed by atoms with E-state index in [0.29, 0.717) is 6.54 Å². The summed E-state index contributed by atoms with van der Waals surface area (Å²) >= 11 is 1.63. The molecule has 2 atom stereocenters. The molecule has 1 aromatic rings. The zero-order chi connectivity index (χ0) is 12.3. The highest BCUT2D eigenvalue weighted by atomic mass is 32.1. The molecule has 0 spiro atoms. The van der Waals surface area contributed by atoms with Crippen molar-refractivity contribution in [1.82, 2.24) is 10.3 Å². The molecule has 2 unspecified atom stereocenters. The summed E-state index contributed by atoms with van der Waals surface area (Å²) in [4.78, 5) is 17.2. The van der Waals surface area contributed by atoms with E-state index in [4.69, 9.17) is 5.73 Å². The zero-order valence-corrected chi connectivity index (χ0v) is 10.9. The molecule has 4 nitrogen and oxygen atoms in total. The van der Waals surface area contributed by atoms with Crippen LogP contribution in [0.5, 0.6) is 0 Å². The Morgan fingerprint density at radius 2 is 2.47 bits per heavy atom. The molecule has 0 bridgehead atoms. The Hall–Kier alpha value is -0.940. The van der Waals surface area contributed by atoms with Crippen LogP contribution in [0, 0.1) is 12.8 Å². The van der Waals surface area contributed by atoms with E-state index in [0.717, 1.165) is 35.6 Å². The Morgan fingerprint density at radius 3 is 3.12 bits per heavy atom. The largest absolute Gasteiger partial charge is 0.351 e. The number of aromatic nitrogens is 1. The average molecular weight is 253 g/mol. The summed E-state index contributed by atoms with van der Waals surface area (Å²) in [7, 11) is 0. The number of carbonyl (C=O) groups is 1. The lowest BCUT2D eigenvalue weighted by atomic mass is 9.85. The maximum absolute atomic E-state index is 11.9. The number of nitrogens with one attached hydrogen (secondary N) is 1. The van der Waals surface area contributed by atoms with Gasteiger partial charge in [0.05, 0.1) is 11.6 Å². The molecule has 1 fully saturated rings. The summed E-state index contributed by atoms with van der Waals surface area (Å²) in [5, 5.41) is 4.01. The van der Waals surface area contributed by atoms with Gasteiger partial charge in [0, 0.05) is 23.0 Å². The van der Waals surface area contributed by atoms with Crippen molar-refractivity contribution >= 4 is 17.2 Å². The van der Waals surface area contributed by atoms with Gasteiger partial charge in [-0.25, -0.2) is 4.98 Å². The third kappa shape index (κ3) is 3.51. The molecule has 0 saturated heterocycles. The summed E-state index contributed by atoms with van der Waals surface area (Å²) in [5.41, 5.74) is 5.89. The molecule has 3 N–H and O–H groups in total. The van der Waals surface area contributed by atoms with Crippen LogP contribution in [0.1, 0.15) is 35.6 Å². The van der Waals surface area contributed by atoms with E-state index >= 15 is 0 Å². The third-order valence-corrected chi connectivity index (χ3v) is 4.10. The monoisotopic (exact) mass is 253 g/mol. The number of hydrogen-bond acceptors (Lipinski definition) is 4. The molecule has 1 amide bonds. The predicted molar refractivity (Wildman–Crippen MR) is 68.6 cm³/mol. The summed E-state index contributed by atoms with van der Waals surface area (Å²) in [6.07, 6.45) is 5.75. The maximum atomic E-state index is 11.9. The lowest BCUT2D eigenvalue weighted by Gasteiger charge is -2.25. The molecule has 94 valence electrons. The number of nitrogens with two attached hydrogens (primary N) is 1. The van der Waals surface area contributed by atoms with Crippen LogP contribution >= 0.6 is 11.3 Å². The van der Waals surface area contributed by atoms with E-state index in [-0.39, 0.29) is 17.9 Å². The predicted octanol–water partition coefficient (Wildman–Crippen LogP) is 1.59. The number of carbonyl (C=O) groups excluding carboxylic acids is 1. The maximum Gasteiger partial charge on any atom is 0.223 e. The van der Waals surface area contributed by atoms with Crippen LogP contribution in [0.4, 0.5) is 0 Å². The highest BCUT2D eigenvalue weighted by Crippen LogP contribution is 2.23. The van der Waals surface area contributed by atoms with E-state index in [1.54, 1.807) is 11.3 Å².